The number of hydrogen-bond donors (Lipinski definition) is 0. The van der Waals surface area contributed by atoms with E-state index in [-0.39, 0.29) is 5.75 Å². The van der Waals surface area contributed by atoms with Crippen molar-refractivity contribution in [1.82, 2.24) is 0 Å². The molecule has 6 heteroatoms. The van der Waals surface area contributed by atoms with Crippen LogP contribution in [0.4, 0.5) is 0 Å². The number of benzene rings is 2. The quantitative estimate of drug-likeness (QED) is 0.258. The first kappa shape index (κ1) is 20.9. The minimum Gasteiger partial charge on any atom is -0.285 e. The van der Waals surface area contributed by atoms with E-state index in [9.17, 15) is 4.79 Å². The number of hydrogen-bond acceptors (Lipinski definition) is 3. The Morgan fingerprint density at radius 2 is 1.69 bits per heavy atom. The van der Waals surface area contributed by atoms with Gasteiger partial charge in [-0.15, -0.1) is 0 Å². The van der Waals surface area contributed by atoms with Gasteiger partial charge in [-0.1, -0.05) is 67.6 Å². The minimum atomic E-state index is -0.406. The predicted octanol–water partition coefficient (Wildman–Crippen LogP) is 7.29. The van der Waals surface area contributed by atoms with Gasteiger partial charge in [-0.3, -0.25) is 9.78 Å². The van der Waals surface area contributed by atoms with Gasteiger partial charge in [0, 0.05) is 0 Å². The Balaban J connectivity index is 2.12. The van der Waals surface area contributed by atoms with Crippen molar-refractivity contribution >= 4 is 40.8 Å². The van der Waals surface area contributed by atoms with Crippen molar-refractivity contribution < 1.29 is 14.6 Å². The Bertz CT molecular complexity index is 775. The molecule has 0 aliphatic rings. The van der Waals surface area contributed by atoms with Gasteiger partial charge in [-0.25, -0.2) is 4.79 Å². The van der Waals surface area contributed by atoms with Gasteiger partial charge in [-0.05, 0) is 53.8 Å². The standard InChI is InChI=1S/C20H21Cl3O3/c1-3-5-6-7-20(24)26-25-19-9-8-14(11-18(19)23)15-12-17(22)16(21)10-13(15)4-2/h8-12H,3-7H2,1-2H3. The molecule has 0 unspecified atom stereocenters. The molecule has 2 aromatic carbocycles. The Morgan fingerprint density at radius 1 is 0.962 bits per heavy atom. The van der Waals surface area contributed by atoms with Crippen LogP contribution in [0, 0.1) is 0 Å². The van der Waals surface area contributed by atoms with Gasteiger partial charge in [-0.2, -0.15) is 0 Å². The van der Waals surface area contributed by atoms with Crippen molar-refractivity contribution in [1.29, 1.82) is 0 Å². The molecular weight excluding hydrogens is 395 g/mol. The molecule has 3 nitrogen and oxygen atoms in total. The van der Waals surface area contributed by atoms with Gasteiger partial charge in [0.25, 0.3) is 0 Å². The normalized spacial score (nSPS) is 10.7. The Labute approximate surface area is 169 Å². The molecule has 0 radical (unpaired) electrons. The zero-order valence-electron chi connectivity index (χ0n) is 14.8. The van der Waals surface area contributed by atoms with Gasteiger partial charge < -0.3 is 0 Å². The lowest BCUT2D eigenvalue weighted by molar-refractivity contribution is -0.213. The molecule has 0 heterocycles. The van der Waals surface area contributed by atoms with Crippen LogP contribution in [0.3, 0.4) is 0 Å². The van der Waals surface area contributed by atoms with E-state index in [1.165, 1.54) is 0 Å². The number of rotatable bonds is 8. The fourth-order valence-corrected chi connectivity index (χ4v) is 3.10. The third kappa shape index (κ3) is 5.54. The second-order valence-electron chi connectivity index (χ2n) is 5.92. The van der Waals surface area contributed by atoms with Crippen LogP contribution in [-0.4, -0.2) is 5.97 Å². The third-order valence-corrected chi connectivity index (χ3v) is 5.00. The maximum absolute atomic E-state index is 11.6. The van der Waals surface area contributed by atoms with Crippen LogP contribution >= 0.6 is 34.8 Å². The van der Waals surface area contributed by atoms with Crippen LogP contribution < -0.4 is 4.89 Å². The molecule has 2 rings (SSSR count). The predicted molar refractivity (Wildman–Crippen MR) is 107 cm³/mol. The molecule has 0 spiro atoms. The SMILES string of the molecule is CCCCCC(=O)OOc1ccc(-c2cc(Cl)c(Cl)cc2CC)cc1Cl. The lowest BCUT2D eigenvalue weighted by Gasteiger charge is -2.12. The van der Waals surface area contributed by atoms with Crippen LogP contribution in [0.5, 0.6) is 5.75 Å². The van der Waals surface area contributed by atoms with Crippen LogP contribution in [0.1, 0.15) is 45.1 Å². The molecule has 140 valence electrons. The summed E-state index contributed by atoms with van der Waals surface area (Å²) in [4.78, 5) is 21.5. The van der Waals surface area contributed by atoms with E-state index >= 15 is 0 Å². The summed E-state index contributed by atoms with van der Waals surface area (Å²) in [5.41, 5.74) is 2.89. The number of carbonyl (C=O) groups excluding carboxylic acids is 1. The molecule has 2 aromatic rings. The third-order valence-electron chi connectivity index (χ3n) is 3.98. The van der Waals surface area contributed by atoms with E-state index in [1.54, 1.807) is 12.1 Å². The zero-order chi connectivity index (χ0) is 19.1. The van der Waals surface area contributed by atoms with Crippen LogP contribution in [0.15, 0.2) is 30.3 Å². The van der Waals surface area contributed by atoms with Crippen molar-refractivity contribution in [2.75, 3.05) is 0 Å². The van der Waals surface area contributed by atoms with Crippen LogP contribution in [-0.2, 0) is 16.1 Å². The zero-order valence-corrected chi connectivity index (χ0v) is 17.0. The first-order chi connectivity index (χ1) is 12.5. The summed E-state index contributed by atoms with van der Waals surface area (Å²) in [5.74, 6) is -0.117. The van der Waals surface area contributed by atoms with Gasteiger partial charge in [0.05, 0.1) is 21.5 Å². The van der Waals surface area contributed by atoms with Crippen LogP contribution in [0.25, 0.3) is 11.1 Å². The molecule has 0 fully saturated rings. The highest BCUT2D eigenvalue weighted by Crippen LogP contribution is 2.36. The van der Waals surface area contributed by atoms with E-state index in [1.807, 2.05) is 25.1 Å². The monoisotopic (exact) mass is 414 g/mol. The molecule has 0 atom stereocenters. The highest BCUT2D eigenvalue weighted by Gasteiger charge is 2.13. The summed E-state index contributed by atoms with van der Waals surface area (Å²) in [5, 5.41) is 1.35. The summed E-state index contributed by atoms with van der Waals surface area (Å²) < 4.78 is 0. The van der Waals surface area contributed by atoms with Gasteiger partial charge in [0.1, 0.15) is 0 Å². The maximum Gasteiger partial charge on any atom is 0.355 e. The highest BCUT2D eigenvalue weighted by molar-refractivity contribution is 6.42. The summed E-state index contributed by atoms with van der Waals surface area (Å²) in [7, 11) is 0. The van der Waals surface area contributed by atoms with Gasteiger partial charge >= 0.3 is 5.97 Å². The topological polar surface area (TPSA) is 35.5 Å². The summed E-state index contributed by atoms with van der Waals surface area (Å²) >= 11 is 18.5. The summed E-state index contributed by atoms with van der Waals surface area (Å²) in [6, 6.07) is 8.93. The van der Waals surface area contributed by atoms with Crippen LogP contribution in [0.2, 0.25) is 15.1 Å². The van der Waals surface area contributed by atoms with Crippen molar-refractivity contribution in [3.05, 3.63) is 51.0 Å². The molecule has 26 heavy (non-hydrogen) atoms. The fourth-order valence-electron chi connectivity index (χ4n) is 2.54. The van der Waals surface area contributed by atoms with Crippen molar-refractivity contribution in [3.63, 3.8) is 0 Å². The number of unbranched alkanes of at least 4 members (excludes halogenated alkanes) is 2. The Kier molecular flexibility index (Phi) is 8.08. The summed E-state index contributed by atoms with van der Waals surface area (Å²) in [6.07, 6.45) is 3.93. The van der Waals surface area contributed by atoms with Crippen molar-refractivity contribution in [3.8, 4) is 16.9 Å². The number of halogens is 3. The van der Waals surface area contributed by atoms with Gasteiger partial charge in [0.2, 0.25) is 0 Å². The maximum atomic E-state index is 11.6. The molecule has 0 amide bonds. The number of carbonyl (C=O) groups is 1. The largest absolute Gasteiger partial charge is 0.355 e. The van der Waals surface area contributed by atoms with Crippen molar-refractivity contribution in [2.45, 2.75) is 46.0 Å². The van der Waals surface area contributed by atoms with E-state index in [0.29, 0.717) is 21.5 Å². The van der Waals surface area contributed by atoms with E-state index in [4.69, 9.17) is 44.6 Å². The smallest absolute Gasteiger partial charge is 0.285 e. The average Bonchev–Trinajstić information content (AvgIpc) is 2.62. The summed E-state index contributed by atoms with van der Waals surface area (Å²) in [6.45, 7) is 4.11. The molecule has 0 bridgehead atoms. The molecule has 0 aromatic heterocycles. The Hall–Kier alpha value is -1.42. The Morgan fingerprint density at radius 3 is 2.35 bits per heavy atom. The lowest BCUT2D eigenvalue weighted by Crippen LogP contribution is -2.07. The molecular formula is C20H21Cl3O3. The van der Waals surface area contributed by atoms with Gasteiger partial charge in [0.15, 0.2) is 5.75 Å². The minimum absolute atomic E-state index is 0.289. The molecule has 0 N–H and O–H groups in total. The van der Waals surface area contributed by atoms with E-state index in [2.05, 4.69) is 6.92 Å². The fraction of sp³-hybridized carbons (Fsp3) is 0.350. The molecule has 0 saturated carbocycles. The second-order valence-corrected chi connectivity index (χ2v) is 7.14. The second kappa shape index (κ2) is 10.1. The average molecular weight is 416 g/mol. The molecule has 0 saturated heterocycles. The van der Waals surface area contributed by atoms with Crippen molar-refractivity contribution in [2.24, 2.45) is 0 Å². The molecule has 0 aliphatic heterocycles. The van der Waals surface area contributed by atoms with E-state index < -0.39 is 5.97 Å². The highest BCUT2D eigenvalue weighted by atomic mass is 35.5. The first-order valence-corrected chi connectivity index (χ1v) is 9.74. The first-order valence-electron chi connectivity index (χ1n) is 8.61. The van der Waals surface area contributed by atoms with E-state index in [0.717, 1.165) is 42.4 Å². The molecule has 0 aliphatic carbocycles. The number of aryl methyl sites for hydroxylation is 1. The lowest BCUT2D eigenvalue weighted by atomic mass is 9.98.